The Morgan fingerprint density at radius 1 is 0.265 bits per heavy atom. The van der Waals surface area contributed by atoms with Crippen molar-refractivity contribution in [3.8, 4) is 79.3 Å². The second-order valence-electron chi connectivity index (χ2n) is 11.5. The lowest BCUT2D eigenvalue weighted by Gasteiger charge is -2.11. The summed E-state index contributed by atoms with van der Waals surface area (Å²) in [4.78, 5) is 19.7. The number of hydrogen-bond donors (Lipinski definition) is 0. The van der Waals surface area contributed by atoms with Gasteiger partial charge in [0.05, 0.1) is 22.8 Å². The van der Waals surface area contributed by atoms with E-state index in [-0.39, 0.29) is 0 Å². The van der Waals surface area contributed by atoms with Crippen molar-refractivity contribution >= 4 is 0 Å². The fourth-order valence-corrected chi connectivity index (χ4v) is 5.66. The third-order valence-corrected chi connectivity index (χ3v) is 8.19. The van der Waals surface area contributed by atoms with Crippen molar-refractivity contribution in [2.45, 2.75) is 0 Å². The molecule has 0 N–H and O–H groups in total. The van der Waals surface area contributed by atoms with E-state index in [9.17, 15) is 0 Å². The van der Waals surface area contributed by atoms with Gasteiger partial charge >= 0.3 is 0 Å². The van der Waals surface area contributed by atoms with Crippen LogP contribution >= 0.6 is 0 Å². The fourth-order valence-electron chi connectivity index (χ4n) is 5.66. The number of ether oxygens (including phenoxy) is 1. The highest BCUT2D eigenvalue weighted by molar-refractivity contribution is 5.73. The van der Waals surface area contributed by atoms with Crippen LogP contribution in [0.25, 0.3) is 67.8 Å². The molecular weight excluding hydrogens is 601 g/mol. The highest BCUT2D eigenvalue weighted by Gasteiger charge is 2.13. The van der Waals surface area contributed by atoms with Gasteiger partial charge in [0.1, 0.15) is 11.5 Å². The summed E-state index contributed by atoms with van der Waals surface area (Å²) in [6.07, 6.45) is 0. The van der Waals surface area contributed by atoms with Gasteiger partial charge in [-0.1, -0.05) is 121 Å². The Kier molecular flexibility index (Phi) is 8.21. The van der Waals surface area contributed by atoms with Gasteiger partial charge < -0.3 is 4.74 Å². The zero-order chi connectivity index (χ0) is 32.8. The molecule has 0 aliphatic heterocycles. The van der Waals surface area contributed by atoms with Crippen LogP contribution in [0.4, 0.5) is 0 Å². The maximum atomic E-state index is 6.27. The maximum Gasteiger partial charge on any atom is 0.160 e. The lowest BCUT2D eigenvalue weighted by Crippen LogP contribution is -1.96. The minimum absolute atomic E-state index is 0.688. The van der Waals surface area contributed by atoms with Crippen LogP contribution in [0.3, 0.4) is 0 Å². The maximum absolute atomic E-state index is 6.27. The summed E-state index contributed by atoms with van der Waals surface area (Å²) >= 11 is 0. The number of rotatable bonds is 8. The van der Waals surface area contributed by atoms with Crippen LogP contribution in [0.5, 0.6) is 11.5 Å². The van der Waals surface area contributed by atoms with Crippen molar-refractivity contribution < 1.29 is 4.74 Å². The zero-order valence-corrected chi connectivity index (χ0v) is 26.5. The first-order chi connectivity index (χ1) is 24.2. The van der Waals surface area contributed by atoms with Gasteiger partial charge in [0, 0.05) is 33.4 Å². The molecule has 0 aliphatic rings. The highest BCUT2D eigenvalue weighted by Crippen LogP contribution is 2.32. The molecule has 0 unspecified atom stereocenters. The van der Waals surface area contributed by atoms with Crippen LogP contribution in [0, 0.1) is 0 Å². The first-order valence-corrected chi connectivity index (χ1v) is 16.1. The van der Waals surface area contributed by atoms with E-state index >= 15 is 0 Å². The number of nitrogens with zero attached hydrogens (tertiary/aromatic N) is 4. The Balaban J connectivity index is 1.06. The summed E-state index contributed by atoms with van der Waals surface area (Å²) in [7, 11) is 0. The zero-order valence-electron chi connectivity index (χ0n) is 26.5. The van der Waals surface area contributed by atoms with E-state index in [0.717, 1.165) is 67.7 Å². The molecule has 2 aromatic heterocycles. The Hall–Kier alpha value is -6.72. The average molecular weight is 631 g/mol. The lowest BCUT2D eigenvalue weighted by molar-refractivity contribution is 0.483. The predicted molar refractivity (Wildman–Crippen MR) is 197 cm³/mol. The molecule has 6 aromatic carbocycles. The minimum atomic E-state index is 0.688. The van der Waals surface area contributed by atoms with E-state index in [1.165, 1.54) is 0 Å². The van der Waals surface area contributed by atoms with Gasteiger partial charge in [-0.05, 0) is 60.7 Å². The van der Waals surface area contributed by atoms with Crippen LogP contribution < -0.4 is 4.74 Å². The quantitative estimate of drug-likeness (QED) is 0.167. The van der Waals surface area contributed by atoms with Gasteiger partial charge in [-0.15, -0.1) is 0 Å². The molecule has 0 spiro atoms. The van der Waals surface area contributed by atoms with Gasteiger partial charge in [-0.3, -0.25) is 0 Å². The highest BCUT2D eigenvalue weighted by atomic mass is 16.5. The van der Waals surface area contributed by atoms with Crippen LogP contribution in [-0.2, 0) is 0 Å². The number of aromatic nitrogens is 4. The van der Waals surface area contributed by atoms with Gasteiger partial charge in [-0.2, -0.15) is 0 Å². The molecule has 0 amide bonds. The molecule has 0 saturated carbocycles. The topological polar surface area (TPSA) is 60.8 Å². The summed E-state index contributed by atoms with van der Waals surface area (Å²) in [5.74, 6) is 2.84. The largest absolute Gasteiger partial charge is 0.457 e. The molecule has 0 atom stereocenters. The normalized spacial score (nSPS) is 10.9. The van der Waals surface area contributed by atoms with Gasteiger partial charge in [0.15, 0.2) is 11.6 Å². The van der Waals surface area contributed by atoms with Crippen molar-refractivity contribution in [2.75, 3.05) is 0 Å². The molecule has 0 fully saturated rings. The molecule has 0 radical (unpaired) electrons. The van der Waals surface area contributed by atoms with Crippen molar-refractivity contribution in [2.24, 2.45) is 0 Å². The van der Waals surface area contributed by atoms with Crippen molar-refractivity contribution in [3.05, 3.63) is 182 Å². The molecule has 0 saturated heterocycles. The predicted octanol–water partition coefficient (Wildman–Crippen LogP) is 11.1. The van der Waals surface area contributed by atoms with Crippen LogP contribution in [0.2, 0.25) is 0 Å². The molecule has 49 heavy (non-hydrogen) atoms. The summed E-state index contributed by atoms with van der Waals surface area (Å²) in [6.45, 7) is 0. The third-order valence-electron chi connectivity index (χ3n) is 8.19. The molecule has 2 heterocycles. The molecule has 232 valence electrons. The number of hydrogen-bond acceptors (Lipinski definition) is 5. The van der Waals surface area contributed by atoms with E-state index in [1.807, 2.05) is 158 Å². The van der Waals surface area contributed by atoms with E-state index in [2.05, 4.69) is 24.3 Å². The fraction of sp³-hybridized carbons (Fsp3) is 0. The Morgan fingerprint density at radius 2 is 0.531 bits per heavy atom. The second-order valence-corrected chi connectivity index (χ2v) is 11.5. The average Bonchev–Trinajstić information content (AvgIpc) is 3.19. The molecule has 0 bridgehead atoms. The molecule has 5 nitrogen and oxygen atoms in total. The van der Waals surface area contributed by atoms with Crippen molar-refractivity contribution in [1.82, 2.24) is 19.9 Å². The van der Waals surface area contributed by atoms with Gasteiger partial charge in [0.2, 0.25) is 0 Å². The summed E-state index contributed by atoms with van der Waals surface area (Å²) in [6, 6.07) is 60.6. The molecule has 8 rings (SSSR count). The van der Waals surface area contributed by atoms with Crippen LogP contribution in [0.15, 0.2) is 182 Å². The van der Waals surface area contributed by atoms with E-state index in [4.69, 9.17) is 24.7 Å². The van der Waals surface area contributed by atoms with Crippen LogP contribution in [0.1, 0.15) is 0 Å². The minimum Gasteiger partial charge on any atom is -0.457 e. The smallest absolute Gasteiger partial charge is 0.160 e. The first kappa shape index (κ1) is 29.7. The lowest BCUT2D eigenvalue weighted by atomic mass is 10.1. The first-order valence-electron chi connectivity index (χ1n) is 16.1. The van der Waals surface area contributed by atoms with E-state index in [0.29, 0.717) is 11.6 Å². The number of benzene rings is 6. The summed E-state index contributed by atoms with van der Waals surface area (Å²) in [5.41, 5.74) is 9.43. The molecule has 0 aliphatic carbocycles. The van der Waals surface area contributed by atoms with Gasteiger partial charge in [0.25, 0.3) is 0 Å². The molecule has 5 heteroatoms. The third kappa shape index (κ3) is 6.73. The molecular formula is C44H30N4O. The Bertz CT molecular complexity index is 2030. The molecule has 8 aromatic rings. The standard InChI is InChI=1S/C44H30N4O/c1-5-13-31(14-6-1)39-29-41(47-43(45-39)35-17-9-3-10-18-35)33-21-25-37(26-22-33)49-38-27-23-34(24-28-38)42-30-40(32-15-7-2-8-16-32)46-44(48-42)36-19-11-4-12-20-36/h1-30H. The van der Waals surface area contributed by atoms with Crippen LogP contribution in [-0.4, -0.2) is 19.9 Å². The SMILES string of the molecule is c1ccc(-c2cc(-c3ccc(Oc4ccc(-c5cc(-c6ccccc6)nc(-c6ccccc6)n5)cc4)cc3)nc(-c3ccccc3)n2)cc1. The van der Waals surface area contributed by atoms with Gasteiger partial charge in [-0.25, -0.2) is 19.9 Å². The summed E-state index contributed by atoms with van der Waals surface area (Å²) in [5, 5.41) is 0. The summed E-state index contributed by atoms with van der Waals surface area (Å²) < 4.78 is 6.27. The Labute approximate surface area is 285 Å². The van der Waals surface area contributed by atoms with Crippen molar-refractivity contribution in [1.29, 1.82) is 0 Å². The van der Waals surface area contributed by atoms with E-state index in [1.54, 1.807) is 0 Å². The monoisotopic (exact) mass is 630 g/mol. The Morgan fingerprint density at radius 3 is 0.837 bits per heavy atom. The van der Waals surface area contributed by atoms with Crippen molar-refractivity contribution in [3.63, 3.8) is 0 Å². The van der Waals surface area contributed by atoms with E-state index < -0.39 is 0 Å². The second kappa shape index (κ2) is 13.6.